The van der Waals surface area contributed by atoms with E-state index in [9.17, 15) is 5.26 Å². The molecular formula is C26H32N4O. The molecule has 0 spiro atoms. The van der Waals surface area contributed by atoms with Gasteiger partial charge in [-0.25, -0.2) is 0 Å². The van der Waals surface area contributed by atoms with Crippen molar-refractivity contribution in [3.8, 4) is 17.5 Å². The molecule has 0 amide bonds. The SMILES string of the molecule is CCN(CC)[C@@H](CNc1oc(-c2ccccc2)nc1C#N)c1ccc(C(C)(C)C)cc1. The molecule has 0 aliphatic carbocycles. The topological polar surface area (TPSA) is 65.1 Å². The molecule has 31 heavy (non-hydrogen) atoms. The van der Waals surface area contributed by atoms with Crippen LogP contribution in [0, 0.1) is 11.3 Å². The van der Waals surface area contributed by atoms with E-state index in [-0.39, 0.29) is 17.2 Å². The summed E-state index contributed by atoms with van der Waals surface area (Å²) in [6, 6.07) is 20.8. The second-order valence-corrected chi connectivity index (χ2v) is 8.66. The summed E-state index contributed by atoms with van der Waals surface area (Å²) in [4.78, 5) is 6.77. The Hall–Kier alpha value is -3.10. The zero-order valence-corrected chi connectivity index (χ0v) is 19.1. The lowest BCUT2D eigenvalue weighted by Gasteiger charge is -2.31. The second kappa shape index (κ2) is 9.80. The third-order valence-electron chi connectivity index (χ3n) is 5.62. The average molecular weight is 417 g/mol. The second-order valence-electron chi connectivity index (χ2n) is 8.66. The van der Waals surface area contributed by atoms with Gasteiger partial charge in [0.2, 0.25) is 17.5 Å². The van der Waals surface area contributed by atoms with E-state index in [0.717, 1.165) is 18.7 Å². The molecule has 0 saturated heterocycles. The summed E-state index contributed by atoms with van der Waals surface area (Å²) < 4.78 is 5.93. The molecule has 3 rings (SSSR count). The van der Waals surface area contributed by atoms with Crippen LogP contribution in [-0.2, 0) is 5.41 Å². The highest BCUT2D eigenvalue weighted by Crippen LogP contribution is 2.29. The molecule has 5 heteroatoms. The van der Waals surface area contributed by atoms with Crippen molar-refractivity contribution in [3.05, 3.63) is 71.4 Å². The van der Waals surface area contributed by atoms with Crippen molar-refractivity contribution in [1.29, 1.82) is 5.26 Å². The summed E-state index contributed by atoms with van der Waals surface area (Å²) in [7, 11) is 0. The van der Waals surface area contributed by atoms with Gasteiger partial charge in [0.25, 0.3) is 0 Å². The predicted octanol–water partition coefficient (Wildman–Crippen LogP) is 6.01. The van der Waals surface area contributed by atoms with Crippen LogP contribution in [0.1, 0.15) is 57.5 Å². The summed E-state index contributed by atoms with van der Waals surface area (Å²) in [5.41, 5.74) is 3.81. The van der Waals surface area contributed by atoms with Crippen LogP contribution in [0.5, 0.6) is 0 Å². The Bertz CT molecular complexity index is 1010. The van der Waals surface area contributed by atoms with Gasteiger partial charge in [-0.3, -0.25) is 4.90 Å². The molecule has 1 atom stereocenters. The number of nitrogens with zero attached hydrogens (tertiary/aromatic N) is 3. The highest BCUT2D eigenvalue weighted by molar-refractivity contribution is 5.58. The number of aromatic nitrogens is 1. The van der Waals surface area contributed by atoms with Gasteiger partial charge in [-0.15, -0.1) is 0 Å². The number of benzene rings is 2. The summed E-state index contributed by atoms with van der Waals surface area (Å²) >= 11 is 0. The Kier molecular flexibility index (Phi) is 7.14. The summed E-state index contributed by atoms with van der Waals surface area (Å²) in [5.74, 6) is 0.874. The number of rotatable bonds is 8. The van der Waals surface area contributed by atoms with Gasteiger partial charge in [-0.05, 0) is 41.8 Å². The zero-order valence-electron chi connectivity index (χ0n) is 19.1. The minimum absolute atomic E-state index is 0.122. The third kappa shape index (κ3) is 5.34. The first-order valence-corrected chi connectivity index (χ1v) is 10.9. The summed E-state index contributed by atoms with van der Waals surface area (Å²) in [5, 5.41) is 12.9. The highest BCUT2D eigenvalue weighted by Gasteiger charge is 2.22. The standard InChI is InChI=1S/C26H32N4O/c1-6-30(7-2)23(19-13-15-21(16-14-19)26(3,4)5)18-28-25-22(17-27)29-24(31-25)20-11-9-8-10-12-20/h8-16,23,28H,6-7,18H2,1-5H3/t23-/m0/s1. The van der Waals surface area contributed by atoms with Crippen LogP contribution in [-0.4, -0.2) is 29.5 Å². The van der Waals surface area contributed by atoms with Crippen LogP contribution in [0.4, 0.5) is 5.88 Å². The fourth-order valence-corrected chi connectivity index (χ4v) is 3.74. The number of oxazole rings is 1. The fraction of sp³-hybridized carbons (Fsp3) is 0.385. The van der Waals surface area contributed by atoms with Crippen molar-refractivity contribution >= 4 is 5.88 Å². The van der Waals surface area contributed by atoms with Crippen molar-refractivity contribution in [3.63, 3.8) is 0 Å². The molecule has 1 N–H and O–H groups in total. The lowest BCUT2D eigenvalue weighted by atomic mass is 9.86. The predicted molar refractivity (Wildman–Crippen MR) is 126 cm³/mol. The normalized spacial score (nSPS) is 12.5. The number of hydrogen-bond donors (Lipinski definition) is 1. The van der Waals surface area contributed by atoms with Gasteiger partial charge in [-0.2, -0.15) is 10.2 Å². The first-order chi connectivity index (χ1) is 14.9. The van der Waals surface area contributed by atoms with Crippen molar-refractivity contribution in [2.75, 3.05) is 25.0 Å². The highest BCUT2D eigenvalue weighted by atomic mass is 16.4. The van der Waals surface area contributed by atoms with Crippen LogP contribution in [0.2, 0.25) is 0 Å². The van der Waals surface area contributed by atoms with Crippen LogP contribution >= 0.6 is 0 Å². The molecule has 1 heterocycles. The molecule has 0 aliphatic heterocycles. The average Bonchev–Trinajstić information content (AvgIpc) is 3.20. The van der Waals surface area contributed by atoms with Gasteiger partial charge in [0, 0.05) is 12.1 Å². The molecule has 5 nitrogen and oxygen atoms in total. The third-order valence-corrected chi connectivity index (χ3v) is 5.62. The molecule has 0 aliphatic rings. The van der Waals surface area contributed by atoms with Gasteiger partial charge in [-0.1, -0.05) is 77.1 Å². The van der Waals surface area contributed by atoms with Crippen LogP contribution in [0.25, 0.3) is 11.5 Å². The molecular weight excluding hydrogens is 384 g/mol. The zero-order chi connectivity index (χ0) is 22.4. The Morgan fingerprint density at radius 2 is 1.68 bits per heavy atom. The van der Waals surface area contributed by atoms with Crippen molar-refractivity contribution in [2.45, 2.75) is 46.1 Å². The Balaban J connectivity index is 1.85. The lowest BCUT2D eigenvalue weighted by molar-refractivity contribution is 0.227. The van der Waals surface area contributed by atoms with Crippen LogP contribution in [0.3, 0.4) is 0 Å². The Labute approximate surface area is 185 Å². The largest absolute Gasteiger partial charge is 0.419 e. The summed E-state index contributed by atoms with van der Waals surface area (Å²) in [6.07, 6.45) is 0. The molecule has 0 unspecified atom stereocenters. The smallest absolute Gasteiger partial charge is 0.232 e. The first kappa shape index (κ1) is 22.6. The van der Waals surface area contributed by atoms with E-state index in [2.05, 4.69) is 80.2 Å². The molecule has 0 radical (unpaired) electrons. The Morgan fingerprint density at radius 1 is 1.03 bits per heavy atom. The van der Waals surface area contributed by atoms with E-state index in [4.69, 9.17) is 4.42 Å². The van der Waals surface area contributed by atoms with Crippen molar-refractivity contribution < 1.29 is 4.42 Å². The number of hydrogen-bond acceptors (Lipinski definition) is 5. The molecule has 1 aromatic heterocycles. The maximum atomic E-state index is 9.55. The van der Waals surface area contributed by atoms with Crippen molar-refractivity contribution in [2.24, 2.45) is 0 Å². The quantitative estimate of drug-likeness (QED) is 0.487. The maximum absolute atomic E-state index is 9.55. The van der Waals surface area contributed by atoms with E-state index in [0.29, 0.717) is 18.3 Å². The number of anilines is 1. The van der Waals surface area contributed by atoms with E-state index < -0.39 is 0 Å². The number of likely N-dealkylation sites (N-methyl/N-ethyl adjacent to an activating group) is 1. The van der Waals surface area contributed by atoms with E-state index >= 15 is 0 Å². The van der Waals surface area contributed by atoms with E-state index in [1.165, 1.54) is 11.1 Å². The van der Waals surface area contributed by atoms with E-state index in [1.54, 1.807) is 0 Å². The minimum atomic E-state index is 0.122. The molecule has 0 saturated carbocycles. The molecule has 2 aromatic carbocycles. The van der Waals surface area contributed by atoms with Crippen LogP contribution in [0.15, 0.2) is 59.0 Å². The van der Waals surface area contributed by atoms with Gasteiger partial charge in [0.1, 0.15) is 6.07 Å². The number of nitrogens with one attached hydrogen (secondary N) is 1. The minimum Gasteiger partial charge on any atom is -0.419 e. The monoisotopic (exact) mass is 416 g/mol. The first-order valence-electron chi connectivity index (χ1n) is 10.9. The lowest BCUT2D eigenvalue weighted by Crippen LogP contribution is -2.33. The maximum Gasteiger partial charge on any atom is 0.232 e. The Morgan fingerprint density at radius 3 is 2.23 bits per heavy atom. The van der Waals surface area contributed by atoms with Gasteiger partial charge >= 0.3 is 0 Å². The molecule has 162 valence electrons. The fourth-order valence-electron chi connectivity index (χ4n) is 3.74. The van der Waals surface area contributed by atoms with Crippen molar-refractivity contribution in [1.82, 2.24) is 9.88 Å². The molecule has 0 fully saturated rings. The number of nitriles is 1. The van der Waals surface area contributed by atoms with Gasteiger partial charge < -0.3 is 9.73 Å². The molecule has 3 aromatic rings. The van der Waals surface area contributed by atoms with E-state index in [1.807, 2.05) is 30.3 Å². The van der Waals surface area contributed by atoms with Gasteiger partial charge in [0.15, 0.2) is 0 Å². The van der Waals surface area contributed by atoms with Gasteiger partial charge in [0.05, 0.1) is 6.04 Å². The molecule has 0 bridgehead atoms. The van der Waals surface area contributed by atoms with Crippen LogP contribution < -0.4 is 5.32 Å². The summed E-state index contributed by atoms with van der Waals surface area (Å²) in [6.45, 7) is 13.5.